The molecule has 0 bridgehead atoms. The van der Waals surface area contributed by atoms with Crippen LogP contribution < -0.4 is 4.74 Å². The predicted molar refractivity (Wildman–Crippen MR) is 130 cm³/mol. The molecule has 0 unspecified atom stereocenters. The van der Waals surface area contributed by atoms with Crippen molar-refractivity contribution in [2.45, 2.75) is 26.9 Å². The lowest BCUT2D eigenvalue weighted by atomic mass is 10.0. The number of amides is 2. The molecule has 8 nitrogen and oxygen atoms in total. The van der Waals surface area contributed by atoms with E-state index in [4.69, 9.17) is 4.74 Å². The summed E-state index contributed by atoms with van der Waals surface area (Å²) in [5.41, 5.74) is 1.48. The number of rotatable bonds is 3. The zero-order valence-corrected chi connectivity index (χ0v) is 20.1. The number of aromatic nitrogens is 1. The van der Waals surface area contributed by atoms with Gasteiger partial charge in [-0.05, 0) is 36.9 Å². The van der Waals surface area contributed by atoms with E-state index in [0.29, 0.717) is 24.0 Å². The Kier molecular flexibility index (Phi) is 7.16. The largest absolute Gasteiger partial charge is 0.505 e. The summed E-state index contributed by atoms with van der Waals surface area (Å²) in [7, 11) is 2.00. The monoisotopic (exact) mass is 480 g/mol. The number of hydrogen-bond donors (Lipinski definition) is 1. The number of likely N-dealkylation sites (N-methyl/N-ethyl adjacent to an activating group) is 1. The highest BCUT2D eigenvalue weighted by Gasteiger charge is 2.37. The number of pyridine rings is 1. The number of phenolic OH excluding ortho intramolecular Hbond substituents is 1. The van der Waals surface area contributed by atoms with Crippen LogP contribution in [0.5, 0.6) is 11.5 Å². The third-order valence-electron chi connectivity index (χ3n) is 6.18. The maximum atomic E-state index is 13.3. The van der Waals surface area contributed by atoms with Crippen molar-refractivity contribution < 1.29 is 23.8 Å². The fraction of sp³-hybridized carbons (Fsp3) is 0.346. The zero-order valence-electron chi connectivity index (χ0n) is 20.1. The van der Waals surface area contributed by atoms with E-state index in [1.165, 1.54) is 23.2 Å². The topological polar surface area (TPSA) is 86.2 Å². The number of phenols is 1. The molecule has 1 saturated heterocycles. The molecule has 1 aromatic heterocycles. The Hall–Kier alpha value is -3.72. The molecule has 3 aromatic rings. The number of fused-ring (bicyclic) bond motifs is 2. The number of hydrogen-bond acceptors (Lipinski definition) is 6. The molecule has 0 radical (unpaired) electrons. The van der Waals surface area contributed by atoms with Crippen molar-refractivity contribution in [3.63, 3.8) is 0 Å². The summed E-state index contributed by atoms with van der Waals surface area (Å²) in [5, 5.41) is 11.3. The molecular formula is C26H29FN4O4. The summed E-state index contributed by atoms with van der Waals surface area (Å²) in [5.74, 6) is -0.740. The highest BCUT2D eigenvalue weighted by Crippen LogP contribution is 2.44. The number of nitrogens with zero attached hydrogens (tertiary/aromatic N) is 4. The first kappa shape index (κ1) is 24.4. The second-order valence-corrected chi connectivity index (χ2v) is 8.38. The molecule has 0 atom stereocenters. The van der Waals surface area contributed by atoms with Gasteiger partial charge in [-0.3, -0.25) is 9.78 Å². The summed E-state index contributed by atoms with van der Waals surface area (Å²) in [6.45, 7) is 6.95. The highest BCUT2D eigenvalue weighted by atomic mass is 19.1. The second-order valence-electron chi connectivity index (χ2n) is 8.38. The van der Waals surface area contributed by atoms with Crippen molar-refractivity contribution in [1.29, 1.82) is 0 Å². The van der Waals surface area contributed by atoms with Gasteiger partial charge in [-0.15, -0.1) is 0 Å². The average Bonchev–Trinajstić information content (AvgIpc) is 3.20. The third kappa shape index (κ3) is 4.77. The van der Waals surface area contributed by atoms with E-state index in [-0.39, 0.29) is 41.5 Å². The molecule has 5 rings (SSSR count). The quantitative estimate of drug-likeness (QED) is 0.610. The summed E-state index contributed by atoms with van der Waals surface area (Å²) in [4.78, 5) is 35.7. The Balaban J connectivity index is 0.00000141. The van der Waals surface area contributed by atoms with E-state index < -0.39 is 12.0 Å². The van der Waals surface area contributed by atoms with Gasteiger partial charge in [-0.2, -0.15) is 0 Å². The molecule has 2 aliphatic heterocycles. The van der Waals surface area contributed by atoms with Gasteiger partial charge in [0.2, 0.25) is 0 Å². The Morgan fingerprint density at radius 3 is 2.49 bits per heavy atom. The molecule has 1 N–H and O–H groups in total. The van der Waals surface area contributed by atoms with Crippen LogP contribution in [0, 0.1) is 5.82 Å². The first-order chi connectivity index (χ1) is 16.9. The van der Waals surface area contributed by atoms with Crippen LogP contribution in [0.25, 0.3) is 10.9 Å². The lowest BCUT2D eigenvalue weighted by Gasteiger charge is -2.31. The second kappa shape index (κ2) is 10.3. The lowest BCUT2D eigenvalue weighted by Crippen LogP contribution is -2.48. The number of halogens is 1. The van der Waals surface area contributed by atoms with E-state index in [1.54, 1.807) is 29.2 Å². The van der Waals surface area contributed by atoms with E-state index in [9.17, 15) is 19.1 Å². The number of carbonyl (C=O) groups excluding carboxylic acids is 2. The minimum absolute atomic E-state index is 0.0875. The standard InChI is InChI=1S/C24H23FN4O4.C2H6/c1-27-9-11-28(12-10-27)24(32)33-22-17-3-2-8-26-20(17)21(30)19-18(22)14-29(23(19)31)13-15-4-6-16(25)7-5-15;1-2/h2-8,30H,9-14H2,1H3;1-2H3. The SMILES string of the molecule is CC.CN1CCN(C(=O)Oc2c3c(c(O)c4ncccc24)C(=O)N(Cc2ccc(F)cc2)C3)CC1. The normalized spacial score (nSPS) is 15.6. The van der Waals surface area contributed by atoms with Crippen LogP contribution in [0.2, 0.25) is 0 Å². The van der Waals surface area contributed by atoms with E-state index in [1.807, 2.05) is 20.9 Å². The summed E-state index contributed by atoms with van der Waals surface area (Å²) < 4.78 is 19.1. The van der Waals surface area contributed by atoms with Gasteiger partial charge in [0, 0.05) is 49.9 Å². The Morgan fingerprint density at radius 1 is 1.11 bits per heavy atom. The number of carbonyl (C=O) groups is 2. The minimum Gasteiger partial charge on any atom is -0.505 e. The number of benzene rings is 2. The fourth-order valence-electron chi connectivity index (χ4n) is 4.31. The van der Waals surface area contributed by atoms with Crippen LogP contribution in [0.3, 0.4) is 0 Å². The molecule has 0 aliphatic carbocycles. The van der Waals surface area contributed by atoms with Gasteiger partial charge < -0.3 is 24.5 Å². The summed E-state index contributed by atoms with van der Waals surface area (Å²) >= 11 is 0. The highest BCUT2D eigenvalue weighted by molar-refractivity contribution is 6.09. The molecule has 184 valence electrons. The molecule has 2 amide bonds. The Bertz CT molecular complexity index is 1240. The van der Waals surface area contributed by atoms with Gasteiger partial charge >= 0.3 is 6.09 Å². The van der Waals surface area contributed by atoms with Crippen molar-refractivity contribution in [1.82, 2.24) is 19.7 Å². The van der Waals surface area contributed by atoms with Crippen molar-refractivity contribution in [2.24, 2.45) is 0 Å². The van der Waals surface area contributed by atoms with Gasteiger partial charge in [0.15, 0.2) is 5.75 Å². The predicted octanol–water partition coefficient (Wildman–Crippen LogP) is 4.01. The van der Waals surface area contributed by atoms with Gasteiger partial charge in [0.1, 0.15) is 17.1 Å². The fourth-order valence-corrected chi connectivity index (χ4v) is 4.31. The molecular weight excluding hydrogens is 451 g/mol. The first-order valence-corrected chi connectivity index (χ1v) is 11.7. The molecule has 0 spiro atoms. The van der Waals surface area contributed by atoms with Crippen LogP contribution >= 0.6 is 0 Å². The Morgan fingerprint density at radius 2 is 1.80 bits per heavy atom. The third-order valence-corrected chi connectivity index (χ3v) is 6.18. The van der Waals surface area contributed by atoms with Crippen molar-refractivity contribution >= 4 is 22.9 Å². The molecule has 1 fully saturated rings. The molecule has 2 aromatic carbocycles. The first-order valence-electron chi connectivity index (χ1n) is 11.7. The maximum Gasteiger partial charge on any atom is 0.415 e. The summed E-state index contributed by atoms with van der Waals surface area (Å²) in [6, 6.07) is 9.29. The van der Waals surface area contributed by atoms with Crippen LogP contribution in [-0.2, 0) is 13.1 Å². The van der Waals surface area contributed by atoms with Crippen molar-refractivity contribution in [3.8, 4) is 11.5 Å². The molecule has 0 saturated carbocycles. The van der Waals surface area contributed by atoms with Gasteiger partial charge in [-0.25, -0.2) is 9.18 Å². The van der Waals surface area contributed by atoms with Crippen LogP contribution in [0.4, 0.5) is 9.18 Å². The Labute approximate surface area is 203 Å². The number of ether oxygens (including phenoxy) is 1. The number of piperazine rings is 1. The van der Waals surface area contributed by atoms with Crippen molar-refractivity contribution in [3.05, 3.63) is 65.1 Å². The molecule has 9 heteroatoms. The van der Waals surface area contributed by atoms with E-state index in [2.05, 4.69) is 9.88 Å². The smallest absolute Gasteiger partial charge is 0.415 e. The van der Waals surface area contributed by atoms with Crippen LogP contribution in [0.15, 0.2) is 42.6 Å². The van der Waals surface area contributed by atoms with Gasteiger partial charge in [0.05, 0.1) is 12.1 Å². The zero-order chi connectivity index (χ0) is 25.1. The van der Waals surface area contributed by atoms with Crippen LogP contribution in [0.1, 0.15) is 35.3 Å². The van der Waals surface area contributed by atoms with Gasteiger partial charge in [-0.1, -0.05) is 26.0 Å². The lowest BCUT2D eigenvalue weighted by molar-refractivity contribution is 0.0764. The average molecular weight is 481 g/mol. The van der Waals surface area contributed by atoms with Gasteiger partial charge in [0.25, 0.3) is 5.91 Å². The number of aromatic hydroxyl groups is 1. The molecule has 35 heavy (non-hydrogen) atoms. The summed E-state index contributed by atoms with van der Waals surface area (Å²) in [6.07, 6.45) is 1.02. The molecule has 3 heterocycles. The van der Waals surface area contributed by atoms with Crippen molar-refractivity contribution in [2.75, 3.05) is 33.2 Å². The maximum absolute atomic E-state index is 13.3. The van der Waals surface area contributed by atoms with E-state index >= 15 is 0 Å². The van der Waals surface area contributed by atoms with E-state index in [0.717, 1.165) is 18.7 Å². The minimum atomic E-state index is -0.495. The van der Waals surface area contributed by atoms with Crippen LogP contribution in [-0.4, -0.2) is 70.0 Å². The molecule has 2 aliphatic rings.